The number of alkyl carbamates (subject to hydrolysis) is 1. The highest BCUT2D eigenvalue weighted by Crippen LogP contribution is 2.22. The summed E-state index contributed by atoms with van der Waals surface area (Å²) < 4.78 is 46.4. The lowest BCUT2D eigenvalue weighted by Gasteiger charge is -2.35. The number of nitrogens with two attached hydrogens (primary N) is 1. The molecule has 0 bridgehead atoms. The number of benzene rings is 2. The molecule has 0 aromatic heterocycles. The summed E-state index contributed by atoms with van der Waals surface area (Å²) in [5.41, 5.74) is 7.15. The number of amides is 1. The van der Waals surface area contributed by atoms with Crippen LogP contribution >= 0.6 is 0 Å². The van der Waals surface area contributed by atoms with Gasteiger partial charge in [0.2, 0.25) is 10.0 Å². The van der Waals surface area contributed by atoms with Gasteiger partial charge in [-0.1, -0.05) is 44.2 Å². The summed E-state index contributed by atoms with van der Waals surface area (Å²) >= 11 is 0. The number of anilines is 1. The molecule has 13 heteroatoms. The van der Waals surface area contributed by atoms with Crippen molar-refractivity contribution in [1.29, 1.82) is 0 Å². The van der Waals surface area contributed by atoms with Crippen LogP contribution in [0, 0.1) is 5.92 Å². The fourth-order valence-corrected chi connectivity index (χ4v) is 7.01. The summed E-state index contributed by atoms with van der Waals surface area (Å²) in [6, 6.07) is 14.7. The molecule has 248 valence electrons. The van der Waals surface area contributed by atoms with Crippen LogP contribution in [-0.2, 0) is 35.4 Å². The summed E-state index contributed by atoms with van der Waals surface area (Å²) in [7, 11) is -1.99. The Morgan fingerprint density at radius 3 is 2.36 bits per heavy atom. The summed E-state index contributed by atoms with van der Waals surface area (Å²) in [6.45, 7) is 7.77. The molecule has 0 saturated carbocycles. The third kappa shape index (κ3) is 10.7. The molecule has 4 rings (SSSR count). The number of nitrogen functional groups attached to an aromatic ring is 1. The number of carbonyl (C=O) groups excluding carboxylic acids is 2. The number of rotatable bonds is 14. The number of nitrogens with one attached hydrogen (secondary N) is 1. The normalized spacial score (nSPS) is 19.4. The molecular formula is C32H47N5O7S. The van der Waals surface area contributed by atoms with Crippen LogP contribution in [0.3, 0.4) is 0 Å². The van der Waals surface area contributed by atoms with E-state index in [0.717, 1.165) is 18.7 Å². The molecule has 12 nitrogen and oxygen atoms in total. The molecule has 2 saturated heterocycles. The quantitative estimate of drug-likeness (QED) is 0.232. The summed E-state index contributed by atoms with van der Waals surface area (Å²) in [6.07, 6.45) is -1.23. The van der Waals surface area contributed by atoms with E-state index in [1.807, 2.05) is 56.1 Å². The molecule has 3 atom stereocenters. The second-order valence-electron chi connectivity index (χ2n) is 12.2. The van der Waals surface area contributed by atoms with Gasteiger partial charge in [-0.3, -0.25) is 9.69 Å². The predicted molar refractivity (Wildman–Crippen MR) is 171 cm³/mol. The summed E-state index contributed by atoms with van der Waals surface area (Å²) in [5.74, 6) is -0.528. The predicted octanol–water partition coefficient (Wildman–Crippen LogP) is 2.20. The third-order valence-corrected chi connectivity index (χ3v) is 9.76. The van der Waals surface area contributed by atoms with Gasteiger partial charge in [-0.2, -0.15) is 4.31 Å². The van der Waals surface area contributed by atoms with Gasteiger partial charge in [0, 0.05) is 44.8 Å². The zero-order chi connectivity index (χ0) is 32.4. The van der Waals surface area contributed by atoms with Crippen LogP contribution in [0.4, 0.5) is 10.5 Å². The lowest BCUT2D eigenvalue weighted by atomic mass is 10.0. The van der Waals surface area contributed by atoms with Crippen LogP contribution in [0.1, 0.15) is 25.8 Å². The van der Waals surface area contributed by atoms with Gasteiger partial charge in [-0.25, -0.2) is 13.2 Å². The number of sulfonamides is 1. The zero-order valence-electron chi connectivity index (χ0n) is 26.5. The van der Waals surface area contributed by atoms with Gasteiger partial charge in [0.05, 0.1) is 37.2 Å². The number of hydrogen-bond donors (Lipinski definition) is 2. The minimum atomic E-state index is -4.02. The molecule has 2 heterocycles. The number of esters is 1. The smallest absolute Gasteiger partial charge is 0.407 e. The van der Waals surface area contributed by atoms with Crippen LogP contribution in [0.15, 0.2) is 59.5 Å². The van der Waals surface area contributed by atoms with E-state index in [-0.39, 0.29) is 43.0 Å². The molecule has 1 amide bonds. The van der Waals surface area contributed by atoms with E-state index in [1.54, 1.807) is 0 Å². The lowest BCUT2D eigenvalue weighted by molar-refractivity contribution is -0.152. The lowest BCUT2D eigenvalue weighted by Crippen LogP contribution is -2.54. The molecule has 0 radical (unpaired) electrons. The largest absolute Gasteiger partial charge is 0.458 e. The molecule has 0 unspecified atom stereocenters. The molecule has 0 aliphatic carbocycles. The molecule has 0 spiro atoms. The first-order valence-corrected chi connectivity index (χ1v) is 17.0. The van der Waals surface area contributed by atoms with E-state index in [2.05, 4.69) is 10.2 Å². The van der Waals surface area contributed by atoms with Crippen molar-refractivity contribution in [3.63, 3.8) is 0 Å². The van der Waals surface area contributed by atoms with Gasteiger partial charge in [0.1, 0.15) is 12.2 Å². The highest BCUT2D eigenvalue weighted by molar-refractivity contribution is 7.89. The minimum Gasteiger partial charge on any atom is -0.458 e. The van der Waals surface area contributed by atoms with Crippen LogP contribution in [0.25, 0.3) is 0 Å². The molecular weight excluding hydrogens is 598 g/mol. The Hall–Kier alpha value is -3.23. The Morgan fingerprint density at radius 2 is 1.73 bits per heavy atom. The van der Waals surface area contributed by atoms with Gasteiger partial charge < -0.3 is 30.2 Å². The third-order valence-electron chi connectivity index (χ3n) is 7.91. The molecule has 3 N–H and O–H groups in total. The standard InChI is InChI=1S/C32H47N5O7S/c1-24(2)20-37(45(40,41)28-11-9-26(33)10-12-28)21-30(44-31(38)22-36-16-14-35(3)15-17-36)29(19-25-7-5-4-6-8-25)34-32(39)43-27-13-18-42-23-27/h4-12,24,27,29-30H,13-23,33H2,1-3H3,(H,34,39)/t27-,29-,30+/m0/s1. The molecule has 2 aliphatic heterocycles. The maximum absolute atomic E-state index is 14.0. The van der Waals surface area contributed by atoms with Crippen LogP contribution < -0.4 is 11.1 Å². The average molecular weight is 646 g/mol. The van der Waals surface area contributed by atoms with E-state index in [1.165, 1.54) is 28.6 Å². The average Bonchev–Trinajstić information content (AvgIpc) is 3.50. The van der Waals surface area contributed by atoms with Crippen LogP contribution in [0.2, 0.25) is 0 Å². The molecule has 45 heavy (non-hydrogen) atoms. The first-order chi connectivity index (χ1) is 21.5. The Kier molecular flexibility index (Phi) is 12.6. The van der Waals surface area contributed by atoms with Gasteiger partial charge in [-0.05, 0) is 49.2 Å². The Balaban J connectivity index is 1.64. The Bertz CT molecular complexity index is 1330. The fourth-order valence-electron chi connectivity index (χ4n) is 5.39. The molecule has 2 aromatic carbocycles. The number of hydrogen-bond acceptors (Lipinski definition) is 10. The van der Waals surface area contributed by atoms with Crippen LogP contribution in [0.5, 0.6) is 0 Å². The Labute approximate surface area is 266 Å². The van der Waals surface area contributed by atoms with Crippen molar-refractivity contribution in [3.05, 3.63) is 60.2 Å². The van der Waals surface area contributed by atoms with E-state index in [9.17, 15) is 18.0 Å². The highest BCUT2D eigenvalue weighted by atomic mass is 32.2. The van der Waals surface area contributed by atoms with Crippen molar-refractivity contribution in [2.45, 2.75) is 49.8 Å². The van der Waals surface area contributed by atoms with Crippen molar-refractivity contribution in [1.82, 2.24) is 19.4 Å². The first kappa shape index (κ1) is 34.6. The van der Waals surface area contributed by atoms with Crippen molar-refractivity contribution < 1.29 is 32.2 Å². The van der Waals surface area contributed by atoms with Gasteiger partial charge >= 0.3 is 12.1 Å². The van der Waals surface area contributed by atoms with Crippen molar-refractivity contribution >= 4 is 27.8 Å². The first-order valence-electron chi connectivity index (χ1n) is 15.5. The van der Waals surface area contributed by atoms with Gasteiger partial charge in [0.15, 0.2) is 0 Å². The highest BCUT2D eigenvalue weighted by Gasteiger charge is 2.36. The zero-order valence-corrected chi connectivity index (χ0v) is 27.3. The number of ether oxygens (including phenoxy) is 3. The number of nitrogens with zero attached hydrogens (tertiary/aromatic N) is 3. The topological polar surface area (TPSA) is 144 Å². The SMILES string of the molecule is CC(C)CN(C[C@@H](OC(=O)CN1CCN(C)CC1)[C@H](Cc1ccccc1)NC(=O)O[C@H]1CCOC1)S(=O)(=O)c1ccc(N)cc1. The second kappa shape index (κ2) is 16.4. The maximum Gasteiger partial charge on any atom is 0.407 e. The van der Waals surface area contributed by atoms with E-state index >= 15 is 0 Å². The molecule has 2 fully saturated rings. The summed E-state index contributed by atoms with van der Waals surface area (Å²) in [4.78, 5) is 30.9. The Morgan fingerprint density at radius 1 is 1.04 bits per heavy atom. The molecule has 2 aliphatic rings. The second-order valence-corrected chi connectivity index (χ2v) is 14.2. The maximum atomic E-state index is 14.0. The van der Waals surface area contributed by atoms with Crippen molar-refractivity contribution in [3.8, 4) is 0 Å². The van der Waals surface area contributed by atoms with E-state index in [4.69, 9.17) is 19.9 Å². The number of likely N-dealkylation sites (N-methyl/N-ethyl adjacent to an activating group) is 1. The minimum absolute atomic E-state index is 0.0388. The van der Waals surface area contributed by atoms with Gasteiger partial charge in [0.25, 0.3) is 0 Å². The fraction of sp³-hybridized carbons (Fsp3) is 0.562. The summed E-state index contributed by atoms with van der Waals surface area (Å²) in [5, 5.41) is 2.91. The van der Waals surface area contributed by atoms with Crippen LogP contribution in [-0.4, -0.2) is 119 Å². The van der Waals surface area contributed by atoms with E-state index in [0.29, 0.717) is 38.4 Å². The van der Waals surface area contributed by atoms with Gasteiger partial charge in [-0.15, -0.1) is 0 Å². The van der Waals surface area contributed by atoms with E-state index < -0.39 is 34.2 Å². The monoisotopic (exact) mass is 645 g/mol. The van der Waals surface area contributed by atoms with Crippen molar-refractivity contribution in [2.24, 2.45) is 5.92 Å². The number of piperazine rings is 1. The van der Waals surface area contributed by atoms with Crippen molar-refractivity contribution in [2.75, 3.05) is 71.8 Å². The number of carbonyl (C=O) groups is 2. The molecule has 2 aromatic rings.